The zero-order valence-corrected chi connectivity index (χ0v) is 24.4. The number of nitrogens with zero attached hydrogens (tertiary/aromatic N) is 3. The van der Waals surface area contributed by atoms with Crippen LogP contribution >= 0.6 is 23.2 Å². The number of ketones is 1. The highest BCUT2D eigenvalue weighted by molar-refractivity contribution is 6.40. The van der Waals surface area contributed by atoms with Gasteiger partial charge < -0.3 is 10.0 Å². The highest BCUT2D eigenvalue weighted by atomic mass is 35.5. The molecule has 5 unspecified atom stereocenters. The standard InChI is InChI=1S/C29H32Cl2F3N3O4/c1-14-9-15(7-8-17(14)27(40)41)37-25(29(32,33)34)18(12-35-37)26(39)36(16-10-19-20(11-16)28(19,2)3)13-23(38)24-21(30)5-4-6-22(24)31/h4-6,12,14-17,19-20H,7-11,13H2,1-3H3,(H,40,41). The van der Waals surface area contributed by atoms with Gasteiger partial charge in [-0.05, 0) is 67.4 Å². The molecule has 1 aromatic carbocycles. The minimum absolute atomic E-state index is 0.0213. The maximum absolute atomic E-state index is 14.6. The summed E-state index contributed by atoms with van der Waals surface area (Å²) in [5, 5.41) is 13.7. The van der Waals surface area contributed by atoms with Crippen LogP contribution < -0.4 is 0 Å². The lowest BCUT2D eigenvalue weighted by molar-refractivity contribution is -0.149. The van der Waals surface area contributed by atoms with Crippen molar-refractivity contribution in [2.45, 2.75) is 71.1 Å². The highest BCUT2D eigenvalue weighted by Crippen LogP contribution is 2.67. The molecule has 0 spiro atoms. The molecule has 7 nitrogen and oxygen atoms in total. The lowest BCUT2D eigenvalue weighted by Gasteiger charge is -2.33. The van der Waals surface area contributed by atoms with Crippen molar-refractivity contribution in [3.63, 3.8) is 0 Å². The molecule has 5 rings (SSSR count). The quantitative estimate of drug-likeness (QED) is 0.338. The van der Waals surface area contributed by atoms with E-state index in [-0.39, 0.29) is 46.2 Å². The number of aromatic nitrogens is 2. The minimum Gasteiger partial charge on any atom is -0.481 e. The fourth-order valence-corrected chi connectivity index (χ4v) is 7.89. The Balaban J connectivity index is 1.49. The molecule has 0 radical (unpaired) electrons. The summed E-state index contributed by atoms with van der Waals surface area (Å²) in [6, 6.07) is 3.42. The first kappa shape index (κ1) is 29.9. The summed E-state index contributed by atoms with van der Waals surface area (Å²) in [7, 11) is 0. The van der Waals surface area contributed by atoms with Crippen LogP contribution in [0.4, 0.5) is 13.2 Å². The molecule has 41 heavy (non-hydrogen) atoms. The average molecular weight is 614 g/mol. The van der Waals surface area contributed by atoms with Gasteiger partial charge in [0, 0.05) is 6.04 Å². The molecule has 3 saturated carbocycles. The predicted molar refractivity (Wildman–Crippen MR) is 146 cm³/mol. The summed E-state index contributed by atoms with van der Waals surface area (Å²) >= 11 is 12.5. The number of amides is 1. The number of Topliss-reactive ketones (excluding diaryl/α,β-unsaturated/α-hetero) is 1. The molecule has 0 saturated heterocycles. The zero-order chi connectivity index (χ0) is 30.0. The summed E-state index contributed by atoms with van der Waals surface area (Å²) in [5.41, 5.74) is -1.68. The Morgan fingerprint density at radius 1 is 1.10 bits per heavy atom. The Morgan fingerprint density at radius 2 is 1.71 bits per heavy atom. The fraction of sp³-hybridized carbons (Fsp3) is 0.586. The van der Waals surface area contributed by atoms with Crippen molar-refractivity contribution in [1.82, 2.24) is 14.7 Å². The zero-order valence-electron chi connectivity index (χ0n) is 22.9. The molecule has 0 bridgehead atoms. The lowest BCUT2D eigenvalue weighted by atomic mass is 9.78. The maximum atomic E-state index is 14.6. The van der Waals surface area contributed by atoms with Crippen LogP contribution in [0.25, 0.3) is 0 Å². The molecule has 3 fully saturated rings. The Bertz CT molecular complexity index is 1360. The van der Waals surface area contributed by atoms with Crippen molar-refractivity contribution >= 4 is 40.9 Å². The minimum atomic E-state index is -4.91. The van der Waals surface area contributed by atoms with E-state index in [1.165, 1.54) is 17.0 Å². The van der Waals surface area contributed by atoms with Gasteiger partial charge in [0.1, 0.15) is 0 Å². The molecule has 1 amide bonds. The van der Waals surface area contributed by atoms with Crippen molar-refractivity contribution < 1.29 is 32.7 Å². The van der Waals surface area contributed by atoms with Gasteiger partial charge in [0.2, 0.25) is 0 Å². The van der Waals surface area contributed by atoms with Crippen LogP contribution in [0.15, 0.2) is 24.4 Å². The first-order chi connectivity index (χ1) is 19.1. The molecular weight excluding hydrogens is 582 g/mol. The average Bonchev–Trinajstić information content (AvgIpc) is 3.29. The van der Waals surface area contributed by atoms with Crippen LogP contribution in [0.2, 0.25) is 10.0 Å². The topological polar surface area (TPSA) is 92.5 Å². The highest BCUT2D eigenvalue weighted by Gasteiger charge is 2.63. The number of carboxylic acid groups (broad SMARTS) is 1. The Kier molecular flexibility index (Phi) is 7.72. The Hall–Kier alpha value is -2.59. The molecule has 222 valence electrons. The monoisotopic (exact) mass is 613 g/mol. The van der Waals surface area contributed by atoms with Crippen LogP contribution in [0.5, 0.6) is 0 Å². The molecule has 1 N–H and O–H groups in total. The van der Waals surface area contributed by atoms with Crippen molar-refractivity contribution in [3.8, 4) is 0 Å². The van der Waals surface area contributed by atoms with E-state index in [9.17, 15) is 32.7 Å². The van der Waals surface area contributed by atoms with E-state index >= 15 is 0 Å². The van der Waals surface area contributed by atoms with Gasteiger partial charge in [-0.25, -0.2) is 0 Å². The molecule has 1 heterocycles. The number of fused-ring (bicyclic) bond motifs is 1. The predicted octanol–water partition coefficient (Wildman–Crippen LogP) is 7.03. The second kappa shape index (κ2) is 10.6. The molecule has 12 heteroatoms. The maximum Gasteiger partial charge on any atom is 0.433 e. The number of rotatable bonds is 7. The summed E-state index contributed by atoms with van der Waals surface area (Å²) in [6.07, 6.45) is -2.23. The lowest BCUT2D eigenvalue weighted by Crippen LogP contribution is -2.44. The summed E-state index contributed by atoms with van der Waals surface area (Å²) in [5.74, 6) is -2.82. The van der Waals surface area contributed by atoms with E-state index in [0.717, 1.165) is 10.9 Å². The molecule has 2 aromatic rings. The summed E-state index contributed by atoms with van der Waals surface area (Å²) in [6.45, 7) is 5.49. The van der Waals surface area contributed by atoms with Crippen LogP contribution in [-0.2, 0) is 11.0 Å². The van der Waals surface area contributed by atoms with Crippen molar-refractivity contribution in [1.29, 1.82) is 0 Å². The Morgan fingerprint density at radius 3 is 2.24 bits per heavy atom. The molecule has 1 aromatic heterocycles. The van der Waals surface area contributed by atoms with E-state index < -0.39 is 59.6 Å². The fourth-order valence-electron chi connectivity index (χ4n) is 7.28. The van der Waals surface area contributed by atoms with Crippen molar-refractivity contribution in [2.75, 3.05) is 6.54 Å². The number of hydrogen-bond donors (Lipinski definition) is 1. The SMILES string of the molecule is CC1CC(n2ncc(C(=O)N(CC(=O)c3c(Cl)cccc3Cl)C3CC4C(C3)C4(C)C)c2C(F)(F)F)CCC1C(=O)O. The van der Waals surface area contributed by atoms with Gasteiger partial charge in [0.15, 0.2) is 11.5 Å². The van der Waals surface area contributed by atoms with Gasteiger partial charge in [-0.2, -0.15) is 18.3 Å². The smallest absolute Gasteiger partial charge is 0.433 e. The van der Waals surface area contributed by atoms with E-state index in [1.54, 1.807) is 13.0 Å². The normalized spacial score (nSPS) is 28.7. The number of alkyl halides is 3. The molecule has 3 aliphatic carbocycles. The van der Waals surface area contributed by atoms with Crippen molar-refractivity contribution in [3.05, 3.63) is 51.3 Å². The first-order valence-corrected chi connectivity index (χ1v) is 14.5. The third-order valence-electron chi connectivity index (χ3n) is 9.70. The van der Waals surface area contributed by atoms with Gasteiger partial charge in [0.25, 0.3) is 5.91 Å². The molecule has 3 aliphatic rings. The van der Waals surface area contributed by atoms with Crippen LogP contribution in [0.1, 0.15) is 85.3 Å². The third-order valence-corrected chi connectivity index (χ3v) is 10.3. The van der Waals surface area contributed by atoms with Gasteiger partial charge in [-0.1, -0.05) is 50.0 Å². The van der Waals surface area contributed by atoms with Crippen LogP contribution in [-0.4, -0.2) is 50.0 Å². The van der Waals surface area contributed by atoms with Crippen LogP contribution in [0.3, 0.4) is 0 Å². The number of benzene rings is 1. The molecular formula is C29H32Cl2F3N3O4. The number of carboxylic acids is 1. The third kappa shape index (κ3) is 5.38. The number of aliphatic carboxylic acids is 1. The summed E-state index contributed by atoms with van der Waals surface area (Å²) in [4.78, 5) is 40.2. The van der Waals surface area contributed by atoms with E-state index in [2.05, 4.69) is 18.9 Å². The van der Waals surface area contributed by atoms with E-state index in [4.69, 9.17) is 23.2 Å². The van der Waals surface area contributed by atoms with Gasteiger partial charge in [-0.3, -0.25) is 19.1 Å². The largest absolute Gasteiger partial charge is 0.481 e. The molecule has 5 atom stereocenters. The van der Waals surface area contributed by atoms with Gasteiger partial charge >= 0.3 is 12.1 Å². The first-order valence-electron chi connectivity index (χ1n) is 13.8. The Labute approximate surface area is 246 Å². The van der Waals surface area contributed by atoms with E-state index in [1.807, 2.05) is 0 Å². The number of carbonyl (C=O) groups is 3. The van der Waals surface area contributed by atoms with Crippen LogP contribution in [0, 0.1) is 29.1 Å². The van der Waals surface area contributed by atoms with Crippen molar-refractivity contribution in [2.24, 2.45) is 29.1 Å². The molecule has 0 aliphatic heterocycles. The second-order valence-electron chi connectivity index (χ2n) is 12.4. The number of hydrogen-bond acceptors (Lipinski definition) is 4. The number of halogens is 5. The summed E-state index contributed by atoms with van der Waals surface area (Å²) < 4.78 is 44.6. The van der Waals surface area contributed by atoms with Gasteiger partial charge in [0.05, 0.1) is 45.9 Å². The number of carbonyl (C=O) groups excluding carboxylic acids is 2. The van der Waals surface area contributed by atoms with Gasteiger partial charge in [-0.15, -0.1) is 0 Å². The van der Waals surface area contributed by atoms with E-state index in [0.29, 0.717) is 24.7 Å². The second-order valence-corrected chi connectivity index (χ2v) is 13.2.